The number of unbranched alkanes of at least 4 members (excludes halogenated alkanes) is 2. The highest BCUT2D eigenvalue weighted by Crippen LogP contribution is 2.56. The lowest BCUT2D eigenvalue weighted by Gasteiger charge is -2.21. The van der Waals surface area contributed by atoms with Crippen LogP contribution >= 0.6 is 23.2 Å². The van der Waals surface area contributed by atoms with Crippen LogP contribution < -0.4 is 10.6 Å². The summed E-state index contributed by atoms with van der Waals surface area (Å²) in [5.41, 5.74) is 3.45. The lowest BCUT2D eigenvalue weighted by molar-refractivity contribution is -0.117. The average Bonchev–Trinajstić information content (AvgIpc) is 3.75. The molecule has 2 fully saturated rings. The van der Waals surface area contributed by atoms with Crippen LogP contribution in [0.3, 0.4) is 0 Å². The summed E-state index contributed by atoms with van der Waals surface area (Å²) in [6.07, 6.45) is 6.72. The van der Waals surface area contributed by atoms with Crippen LogP contribution in [0.5, 0.6) is 0 Å². The summed E-state index contributed by atoms with van der Waals surface area (Å²) in [7, 11) is 0. The fraction of sp³-hybridized carbons (Fsp3) is 0.536. The third-order valence-corrected chi connectivity index (χ3v) is 8.69. The third kappa shape index (κ3) is 5.67. The van der Waals surface area contributed by atoms with Crippen LogP contribution in [-0.2, 0) is 16.1 Å². The zero-order valence-electron chi connectivity index (χ0n) is 20.8. The largest absolute Gasteiger partial charge is 0.368 e. The minimum Gasteiger partial charge on any atom is -0.368 e. The summed E-state index contributed by atoms with van der Waals surface area (Å²) in [6.45, 7) is 6.86. The van der Waals surface area contributed by atoms with Crippen molar-refractivity contribution in [1.82, 2.24) is 10.6 Å². The van der Waals surface area contributed by atoms with Gasteiger partial charge in [-0.2, -0.15) is 0 Å². The zero-order valence-corrected chi connectivity index (χ0v) is 22.3. The van der Waals surface area contributed by atoms with E-state index in [2.05, 4.69) is 31.4 Å². The van der Waals surface area contributed by atoms with Crippen molar-refractivity contribution in [3.63, 3.8) is 0 Å². The molecule has 3 unspecified atom stereocenters. The van der Waals surface area contributed by atoms with Crippen molar-refractivity contribution in [3.05, 3.63) is 56.3 Å². The van der Waals surface area contributed by atoms with Crippen molar-refractivity contribution in [2.75, 3.05) is 0 Å². The first-order chi connectivity index (χ1) is 16.7. The van der Waals surface area contributed by atoms with Gasteiger partial charge in [0, 0.05) is 18.0 Å². The van der Waals surface area contributed by atoms with Crippen LogP contribution in [0.2, 0.25) is 10.0 Å². The van der Waals surface area contributed by atoms with Crippen molar-refractivity contribution >= 4 is 40.6 Å². The molecule has 0 aromatic heterocycles. The molecular weight excluding hydrogens is 481 g/mol. The Morgan fingerprint density at radius 3 is 2.63 bits per heavy atom. The smallest absolute Gasteiger partial charge is 0.253 e. The molecule has 5 nitrogen and oxygen atoms in total. The molecule has 1 aliphatic heterocycles. The summed E-state index contributed by atoms with van der Waals surface area (Å²) in [6, 6.07) is 5.49. The second-order valence-electron chi connectivity index (χ2n) is 10.5. The Morgan fingerprint density at radius 2 is 1.97 bits per heavy atom. The molecule has 2 saturated carbocycles. The van der Waals surface area contributed by atoms with E-state index in [9.17, 15) is 9.59 Å². The van der Waals surface area contributed by atoms with E-state index in [-0.39, 0.29) is 34.7 Å². The van der Waals surface area contributed by atoms with E-state index in [1.54, 1.807) is 6.07 Å². The Labute approximate surface area is 218 Å². The number of fused-ring (bicyclic) bond motifs is 1. The Balaban J connectivity index is 1.54. The number of halogens is 2. The van der Waals surface area contributed by atoms with Gasteiger partial charge in [0.1, 0.15) is 11.5 Å². The van der Waals surface area contributed by atoms with Gasteiger partial charge in [-0.25, -0.2) is 0 Å². The first-order valence-electron chi connectivity index (χ1n) is 12.8. The van der Waals surface area contributed by atoms with Crippen molar-refractivity contribution < 1.29 is 9.59 Å². The molecule has 4 rings (SSSR count). The highest BCUT2D eigenvalue weighted by molar-refractivity contribution is 6.47. The van der Waals surface area contributed by atoms with Gasteiger partial charge in [0.05, 0.1) is 10.0 Å². The predicted octanol–water partition coefficient (Wildman–Crippen LogP) is 6.74. The van der Waals surface area contributed by atoms with E-state index in [1.165, 1.54) is 0 Å². The topological polar surface area (TPSA) is 82.1 Å². The number of amides is 1. The molecule has 3 atom stereocenters. The molecule has 0 bridgehead atoms. The molecule has 2 aliphatic carbocycles. The van der Waals surface area contributed by atoms with Crippen molar-refractivity contribution in [2.24, 2.45) is 17.3 Å². The number of rotatable bonds is 11. The maximum atomic E-state index is 13.5. The second-order valence-corrected chi connectivity index (χ2v) is 11.3. The van der Waals surface area contributed by atoms with Crippen LogP contribution in [0, 0.1) is 22.7 Å². The Hall–Kier alpha value is -2.11. The molecule has 7 heteroatoms. The van der Waals surface area contributed by atoms with Crippen LogP contribution in [0.15, 0.2) is 40.7 Å². The van der Waals surface area contributed by atoms with Gasteiger partial charge in [0.2, 0.25) is 0 Å². The van der Waals surface area contributed by atoms with Crippen molar-refractivity contribution in [3.8, 4) is 0 Å². The van der Waals surface area contributed by atoms with Gasteiger partial charge in [-0.05, 0) is 78.7 Å². The Morgan fingerprint density at radius 1 is 1.20 bits per heavy atom. The van der Waals surface area contributed by atoms with Crippen LogP contribution in [0.1, 0.15) is 77.7 Å². The predicted molar refractivity (Wildman–Crippen MR) is 142 cm³/mol. The Kier molecular flexibility index (Phi) is 7.77. The highest BCUT2D eigenvalue weighted by atomic mass is 35.5. The first kappa shape index (κ1) is 26.0. The van der Waals surface area contributed by atoms with Crippen LogP contribution in [0.4, 0.5) is 0 Å². The van der Waals surface area contributed by atoms with Gasteiger partial charge in [0.25, 0.3) is 5.91 Å². The first-order valence-corrected chi connectivity index (χ1v) is 13.5. The molecule has 3 aliphatic rings. The van der Waals surface area contributed by atoms with E-state index in [1.807, 2.05) is 12.1 Å². The van der Waals surface area contributed by atoms with Crippen LogP contribution in [-0.4, -0.2) is 17.4 Å². The molecule has 0 radical (unpaired) electrons. The molecule has 1 aromatic carbocycles. The fourth-order valence-electron chi connectivity index (χ4n) is 5.08. The Bertz CT molecular complexity index is 1120. The number of hydrogen-bond donors (Lipinski definition) is 3. The number of carbonyl (C=O) groups is 2. The average molecular weight is 517 g/mol. The minimum absolute atomic E-state index is 0.00247. The van der Waals surface area contributed by atoms with Gasteiger partial charge in [0.15, 0.2) is 5.78 Å². The standard InChI is InChI=1S/C28H35Cl2N3O2/c1-4-6-7-8-18-20(24(31)25(34)21-14-28(21,3)5-2)13-17-12-19(17)26(33-27(18)35)32-15-16-9-10-22(29)23(30)11-16/h9-11,17,21,31-32H,4-8,12-15H2,1-3H3,(H,33,35)/b20-18+,26-19-,31-24?. The molecule has 188 valence electrons. The zero-order chi connectivity index (χ0) is 25.3. The normalized spacial score (nSPS) is 29.6. The molecular formula is C28H35Cl2N3O2. The van der Waals surface area contributed by atoms with Gasteiger partial charge in [-0.1, -0.05) is 62.9 Å². The van der Waals surface area contributed by atoms with Gasteiger partial charge in [-0.3, -0.25) is 15.0 Å². The summed E-state index contributed by atoms with van der Waals surface area (Å²) in [4.78, 5) is 26.7. The van der Waals surface area contributed by atoms with Crippen molar-refractivity contribution in [2.45, 2.75) is 78.7 Å². The summed E-state index contributed by atoms with van der Waals surface area (Å²) in [5, 5.41) is 16.3. The number of benzene rings is 1. The van der Waals surface area contributed by atoms with Gasteiger partial charge in [-0.15, -0.1) is 0 Å². The maximum absolute atomic E-state index is 13.5. The molecule has 1 aromatic rings. The summed E-state index contributed by atoms with van der Waals surface area (Å²) in [5.74, 6) is 0.618. The maximum Gasteiger partial charge on any atom is 0.253 e. The number of nitrogens with one attached hydrogen (secondary N) is 3. The lowest BCUT2D eigenvalue weighted by Crippen LogP contribution is -2.35. The molecule has 35 heavy (non-hydrogen) atoms. The SMILES string of the molecule is CCCCC/C1=C(\C(=N)C(=O)C2CC2(C)CC)CC2C/C2=C(\NCc2ccc(Cl)c(Cl)c2)NC1=O. The highest BCUT2D eigenvalue weighted by Gasteiger charge is 2.54. The summed E-state index contributed by atoms with van der Waals surface area (Å²) < 4.78 is 0. The van der Waals surface area contributed by atoms with Gasteiger partial charge < -0.3 is 10.6 Å². The van der Waals surface area contributed by atoms with Crippen LogP contribution in [0.25, 0.3) is 0 Å². The molecule has 0 saturated heterocycles. The second kappa shape index (κ2) is 10.5. The lowest BCUT2D eigenvalue weighted by atomic mass is 9.88. The number of allylic oxidation sites excluding steroid dienone is 2. The summed E-state index contributed by atoms with van der Waals surface area (Å²) >= 11 is 12.2. The van der Waals surface area contributed by atoms with E-state index < -0.39 is 0 Å². The fourth-order valence-corrected chi connectivity index (χ4v) is 5.40. The number of ketones is 1. The van der Waals surface area contributed by atoms with Gasteiger partial charge >= 0.3 is 0 Å². The van der Waals surface area contributed by atoms with E-state index in [0.717, 1.165) is 55.5 Å². The number of Topliss-reactive ketones (excluding diaryl/α,β-unsaturated/α-hetero) is 1. The molecule has 1 heterocycles. The molecule has 0 spiro atoms. The quantitative estimate of drug-likeness (QED) is 0.225. The monoisotopic (exact) mass is 515 g/mol. The van der Waals surface area contributed by atoms with E-state index in [0.29, 0.717) is 40.6 Å². The van der Waals surface area contributed by atoms with E-state index in [4.69, 9.17) is 28.6 Å². The molecule has 1 amide bonds. The molecule has 3 N–H and O–H groups in total. The van der Waals surface area contributed by atoms with E-state index >= 15 is 0 Å². The minimum atomic E-state index is -0.197. The third-order valence-electron chi connectivity index (χ3n) is 7.96. The number of carbonyl (C=O) groups excluding carboxylic acids is 2. The van der Waals surface area contributed by atoms with Crippen molar-refractivity contribution in [1.29, 1.82) is 5.41 Å². The number of hydrogen-bond acceptors (Lipinski definition) is 4.